The second-order valence-electron chi connectivity index (χ2n) is 4.99. The first-order chi connectivity index (χ1) is 9.45. The maximum absolute atomic E-state index is 11.4. The van der Waals surface area contributed by atoms with Crippen LogP contribution in [0.2, 0.25) is 5.02 Å². The van der Waals surface area contributed by atoms with E-state index < -0.39 is 0 Å². The van der Waals surface area contributed by atoms with Crippen LogP contribution in [0.5, 0.6) is 0 Å². The molecule has 1 aliphatic rings. The van der Waals surface area contributed by atoms with Gasteiger partial charge in [0, 0.05) is 16.3 Å². The summed E-state index contributed by atoms with van der Waals surface area (Å²) in [4.78, 5) is 11.4. The molecule has 1 aliphatic heterocycles. The second kappa shape index (κ2) is 4.83. The number of hydrogen-bond donors (Lipinski definition) is 1. The van der Waals surface area contributed by atoms with Crippen LogP contribution in [0, 0.1) is 13.8 Å². The highest BCUT2D eigenvalue weighted by Gasteiger charge is 2.24. The normalized spacial score (nSPS) is 15.1. The molecule has 1 amide bonds. The molecule has 1 N–H and O–H groups in total. The summed E-state index contributed by atoms with van der Waals surface area (Å²) in [5.41, 5.74) is 3.40. The lowest BCUT2D eigenvalue weighted by atomic mass is 10.0. The molecule has 0 saturated heterocycles. The van der Waals surface area contributed by atoms with Crippen molar-refractivity contribution in [2.24, 2.45) is 0 Å². The van der Waals surface area contributed by atoms with E-state index in [0.29, 0.717) is 11.4 Å². The molecule has 5 heteroatoms. The molecule has 1 aromatic carbocycles. The zero-order chi connectivity index (χ0) is 14.4. The minimum absolute atomic E-state index is 0.0188. The van der Waals surface area contributed by atoms with E-state index in [0.717, 1.165) is 33.9 Å². The number of carbonyl (C=O) groups is 1. The maximum atomic E-state index is 11.4. The van der Waals surface area contributed by atoms with Gasteiger partial charge in [-0.2, -0.15) is 0 Å². The van der Waals surface area contributed by atoms with Gasteiger partial charge in [-0.25, -0.2) is 0 Å². The van der Waals surface area contributed by atoms with Gasteiger partial charge in [-0.3, -0.25) is 4.79 Å². The van der Waals surface area contributed by atoms with Gasteiger partial charge in [0.05, 0.1) is 11.8 Å². The van der Waals surface area contributed by atoms with Gasteiger partial charge in [0.2, 0.25) is 5.91 Å². The molecule has 1 aromatic heterocycles. The Morgan fingerprint density at radius 3 is 2.65 bits per heavy atom. The van der Waals surface area contributed by atoms with Crippen LogP contribution in [0.25, 0.3) is 0 Å². The van der Waals surface area contributed by atoms with Crippen LogP contribution in [0.1, 0.15) is 33.6 Å². The number of halogens is 2. The number of alkyl halides is 1. The summed E-state index contributed by atoms with van der Waals surface area (Å²) >= 11 is 12.8. The molecule has 20 heavy (non-hydrogen) atoms. The van der Waals surface area contributed by atoms with Crippen molar-refractivity contribution >= 4 is 34.8 Å². The van der Waals surface area contributed by atoms with Crippen molar-refractivity contribution in [3.05, 3.63) is 51.4 Å². The van der Waals surface area contributed by atoms with E-state index in [-0.39, 0.29) is 11.3 Å². The van der Waals surface area contributed by atoms with Gasteiger partial charge in [-0.05, 0) is 43.2 Å². The first-order valence-electron chi connectivity index (χ1n) is 6.29. The Hall–Kier alpha value is -1.45. The monoisotopic (exact) mass is 309 g/mol. The van der Waals surface area contributed by atoms with Crippen LogP contribution in [0.3, 0.4) is 0 Å². The number of rotatable bonds is 2. The molecule has 0 bridgehead atoms. The molecular formula is C15H13Cl2NO2. The van der Waals surface area contributed by atoms with Gasteiger partial charge in [-0.15, -0.1) is 11.6 Å². The third-order valence-corrected chi connectivity index (χ3v) is 4.27. The number of carbonyl (C=O) groups excluding carboxylic acids is 1. The quantitative estimate of drug-likeness (QED) is 0.837. The minimum atomic E-state index is -0.388. The fourth-order valence-corrected chi connectivity index (χ4v) is 3.26. The molecule has 1 atom stereocenters. The van der Waals surface area contributed by atoms with Gasteiger partial charge < -0.3 is 9.73 Å². The largest absolute Gasteiger partial charge is 0.466 e. The Morgan fingerprint density at radius 2 is 2.00 bits per heavy atom. The Morgan fingerprint density at radius 1 is 1.25 bits per heavy atom. The molecule has 3 nitrogen and oxygen atoms in total. The summed E-state index contributed by atoms with van der Waals surface area (Å²) in [7, 11) is 0. The van der Waals surface area contributed by atoms with Gasteiger partial charge in [0.15, 0.2) is 0 Å². The number of fused-ring (bicyclic) bond motifs is 1. The number of anilines is 1. The Kier molecular flexibility index (Phi) is 3.27. The molecule has 0 radical (unpaired) electrons. The van der Waals surface area contributed by atoms with Crippen molar-refractivity contribution in [3.63, 3.8) is 0 Å². The van der Waals surface area contributed by atoms with Crippen molar-refractivity contribution in [2.75, 3.05) is 5.32 Å². The van der Waals surface area contributed by atoms with Crippen molar-refractivity contribution in [1.82, 2.24) is 0 Å². The zero-order valence-electron chi connectivity index (χ0n) is 11.1. The SMILES string of the molecule is Cc1cc(C(Cl)c2cc3c(cc2Cl)NC(=O)C3)c(C)o1. The standard InChI is InChI=1S/C15H13Cl2NO2/c1-7-3-10(8(2)20-7)15(17)11-4-9-5-14(19)18-13(9)6-12(11)16/h3-4,6,15H,5H2,1-2H3,(H,18,19). The van der Waals surface area contributed by atoms with Crippen molar-refractivity contribution in [1.29, 1.82) is 0 Å². The van der Waals surface area contributed by atoms with E-state index in [4.69, 9.17) is 27.6 Å². The summed E-state index contributed by atoms with van der Waals surface area (Å²) in [5, 5.41) is 2.93. The number of amides is 1. The van der Waals surface area contributed by atoms with E-state index in [1.165, 1.54) is 0 Å². The molecule has 3 rings (SSSR count). The lowest BCUT2D eigenvalue weighted by molar-refractivity contribution is -0.115. The van der Waals surface area contributed by atoms with Crippen molar-refractivity contribution < 1.29 is 9.21 Å². The molecule has 0 spiro atoms. The molecule has 0 aliphatic carbocycles. The fourth-order valence-electron chi connectivity index (χ4n) is 2.53. The number of furan rings is 1. The van der Waals surface area contributed by atoms with Gasteiger partial charge in [0.1, 0.15) is 11.5 Å². The predicted molar refractivity (Wildman–Crippen MR) is 79.7 cm³/mol. The van der Waals surface area contributed by atoms with E-state index in [9.17, 15) is 4.79 Å². The molecule has 1 unspecified atom stereocenters. The van der Waals surface area contributed by atoms with Crippen LogP contribution in [-0.4, -0.2) is 5.91 Å². The van der Waals surface area contributed by atoms with E-state index in [1.54, 1.807) is 6.07 Å². The highest BCUT2D eigenvalue weighted by Crippen LogP contribution is 2.39. The Balaban J connectivity index is 2.04. The summed E-state index contributed by atoms with van der Waals surface area (Å²) in [5.74, 6) is 1.58. The fraction of sp³-hybridized carbons (Fsp3) is 0.267. The highest BCUT2D eigenvalue weighted by atomic mass is 35.5. The van der Waals surface area contributed by atoms with E-state index >= 15 is 0 Å². The lowest BCUT2D eigenvalue weighted by Crippen LogP contribution is -2.03. The van der Waals surface area contributed by atoms with E-state index in [1.807, 2.05) is 26.0 Å². The molecular weight excluding hydrogens is 297 g/mol. The first-order valence-corrected chi connectivity index (χ1v) is 7.10. The maximum Gasteiger partial charge on any atom is 0.228 e. The number of benzene rings is 1. The number of nitrogens with one attached hydrogen (secondary N) is 1. The van der Waals surface area contributed by atoms with Gasteiger partial charge >= 0.3 is 0 Å². The molecule has 104 valence electrons. The number of aryl methyl sites for hydroxylation is 2. The van der Waals surface area contributed by atoms with Crippen LogP contribution in [0.4, 0.5) is 5.69 Å². The predicted octanol–water partition coefficient (Wildman–Crippen LogP) is 4.37. The van der Waals surface area contributed by atoms with Crippen molar-refractivity contribution in [3.8, 4) is 0 Å². The van der Waals surface area contributed by atoms with Gasteiger partial charge in [0.25, 0.3) is 0 Å². The van der Waals surface area contributed by atoms with Crippen LogP contribution in [0.15, 0.2) is 22.6 Å². The van der Waals surface area contributed by atoms with Crippen LogP contribution < -0.4 is 5.32 Å². The summed E-state index contributed by atoms with van der Waals surface area (Å²) < 4.78 is 5.51. The summed E-state index contributed by atoms with van der Waals surface area (Å²) in [6.45, 7) is 3.76. The Bertz CT molecular complexity index is 706. The Labute approximate surface area is 126 Å². The summed E-state index contributed by atoms with van der Waals surface area (Å²) in [6, 6.07) is 5.57. The summed E-state index contributed by atoms with van der Waals surface area (Å²) in [6.07, 6.45) is 0.368. The van der Waals surface area contributed by atoms with E-state index in [2.05, 4.69) is 5.32 Å². The third kappa shape index (κ3) is 2.21. The average molecular weight is 310 g/mol. The zero-order valence-corrected chi connectivity index (χ0v) is 12.6. The smallest absolute Gasteiger partial charge is 0.228 e. The van der Waals surface area contributed by atoms with Crippen LogP contribution >= 0.6 is 23.2 Å². The molecule has 2 aromatic rings. The van der Waals surface area contributed by atoms with Crippen LogP contribution in [-0.2, 0) is 11.2 Å². The third-order valence-electron chi connectivity index (χ3n) is 3.47. The van der Waals surface area contributed by atoms with Crippen molar-refractivity contribution in [2.45, 2.75) is 25.6 Å². The average Bonchev–Trinajstić information content (AvgIpc) is 2.88. The topological polar surface area (TPSA) is 42.2 Å². The number of hydrogen-bond acceptors (Lipinski definition) is 2. The van der Waals surface area contributed by atoms with Gasteiger partial charge in [-0.1, -0.05) is 11.6 Å². The molecule has 0 fully saturated rings. The minimum Gasteiger partial charge on any atom is -0.466 e. The second-order valence-corrected chi connectivity index (χ2v) is 5.83. The highest BCUT2D eigenvalue weighted by molar-refractivity contribution is 6.33. The first kappa shape index (κ1) is 13.5. The molecule has 2 heterocycles. The molecule has 0 saturated carbocycles. The lowest BCUT2D eigenvalue weighted by Gasteiger charge is -2.13.